The molecular weight excluding hydrogens is 252 g/mol. The van der Waals surface area contributed by atoms with E-state index in [4.69, 9.17) is 20.5 Å². The maximum atomic E-state index is 8.95. The molecule has 1 aromatic carbocycles. The quantitative estimate of drug-likeness (QED) is 0.764. The molecule has 0 radical (unpaired) electrons. The molecule has 1 saturated heterocycles. The topological polar surface area (TPSA) is 83.8 Å². The van der Waals surface area contributed by atoms with Crippen LogP contribution in [-0.4, -0.2) is 18.0 Å². The highest BCUT2D eigenvalue weighted by atomic mass is 16.5. The first-order valence-corrected chi connectivity index (χ1v) is 6.19. The molecule has 0 bridgehead atoms. The monoisotopic (exact) mass is 264 g/mol. The van der Waals surface area contributed by atoms with Gasteiger partial charge in [-0.15, -0.1) is 0 Å². The molecule has 1 heterocycles. The van der Waals surface area contributed by atoms with E-state index in [1.165, 1.54) is 0 Å². The van der Waals surface area contributed by atoms with Crippen molar-refractivity contribution in [1.82, 2.24) is 4.90 Å². The van der Waals surface area contributed by atoms with Crippen LogP contribution in [0.3, 0.4) is 0 Å². The van der Waals surface area contributed by atoms with Gasteiger partial charge in [0.15, 0.2) is 5.57 Å². The molecule has 0 N–H and O–H groups in total. The molecule has 0 aliphatic carbocycles. The van der Waals surface area contributed by atoms with E-state index in [1.807, 2.05) is 36.1 Å². The van der Waals surface area contributed by atoms with Crippen molar-refractivity contribution >= 4 is 0 Å². The van der Waals surface area contributed by atoms with E-state index >= 15 is 0 Å². The van der Waals surface area contributed by atoms with Crippen LogP contribution in [0.5, 0.6) is 0 Å². The summed E-state index contributed by atoms with van der Waals surface area (Å²) in [7, 11) is 0. The summed E-state index contributed by atoms with van der Waals surface area (Å²) in [5, 5.41) is 26.7. The first-order valence-electron chi connectivity index (χ1n) is 6.19. The van der Waals surface area contributed by atoms with Gasteiger partial charge in [-0.1, -0.05) is 12.1 Å². The van der Waals surface area contributed by atoms with Crippen molar-refractivity contribution in [3.05, 3.63) is 46.8 Å². The van der Waals surface area contributed by atoms with Gasteiger partial charge >= 0.3 is 0 Å². The third-order valence-corrected chi connectivity index (χ3v) is 3.16. The van der Waals surface area contributed by atoms with Gasteiger partial charge in [-0.3, -0.25) is 0 Å². The van der Waals surface area contributed by atoms with Crippen molar-refractivity contribution in [2.45, 2.75) is 13.0 Å². The number of hydrogen-bond acceptors (Lipinski definition) is 5. The van der Waals surface area contributed by atoms with E-state index < -0.39 is 0 Å². The normalized spacial score (nSPS) is 16.8. The number of nitriles is 3. The van der Waals surface area contributed by atoms with E-state index in [0.717, 1.165) is 5.56 Å². The summed E-state index contributed by atoms with van der Waals surface area (Å²) in [4.78, 5) is 1.87. The van der Waals surface area contributed by atoms with Crippen molar-refractivity contribution in [2.24, 2.45) is 0 Å². The van der Waals surface area contributed by atoms with Crippen molar-refractivity contribution in [3.63, 3.8) is 0 Å². The zero-order valence-electron chi connectivity index (χ0n) is 11.0. The molecule has 0 amide bonds. The minimum atomic E-state index is -0.227. The molecule has 1 aromatic rings. The molecule has 1 aliphatic rings. The summed E-state index contributed by atoms with van der Waals surface area (Å²) in [6.07, 6.45) is -0.227. The summed E-state index contributed by atoms with van der Waals surface area (Å²) in [5.41, 5.74) is 1.50. The predicted octanol–water partition coefficient (Wildman–Crippen LogP) is 2.21. The summed E-state index contributed by atoms with van der Waals surface area (Å²) < 4.78 is 5.75. The summed E-state index contributed by atoms with van der Waals surface area (Å²) in [5.74, 6) is 0.340. The highest BCUT2D eigenvalue weighted by Gasteiger charge is 2.31. The molecule has 1 aliphatic heterocycles. The molecule has 1 atom stereocenters. The zero-order valence-corrected chi connectivity index (χ0v) is 11.0. The van der Waals surface area contributed by atoms with Crippen molar-refractivity contribution < 1.29 is 4.74 Å². The Morgan fingerprint density at radius 2 is 1.90 bits per heavy atom. The lowest BCUT2D eigenvalue weighted by molar-refractivity contribution is 0.161. The molecule has 0 spiro atoms. The van der Waals surface area contributed by atoms with Gasteiger partial charge in [-0.05, 0) is 24.6 Å². The minimum Gasteiger partial charge on any atom is -0.468 e. The van der Waals surface area contributed by atoms with E-state index in [1.54, 1.807) is 12.1 Å². The number of allylic oxidation sites excluding steroid dienone is 1. The molecule has 5 heteroatoms. The second-order valence-corrected chi connectivity index (χ2v) is 4.28. The highest BCUT2D eigenvalue weighted by molar-refractivity contribution is 5.39. The fraction of sp³-hybridized carbons (Fsp3) is 0.267. The van der Waals surface area contributed by atoms with Crippen LogP contribution in [-0.2, 0) is 4.74 Å². The Labute approximate surface area is 117 Å². The number of likely N-dealkylation sites (N-methyl/N-ethyl adjacent to an activating group) is 1. The van der Waals surface area contributed by atoms with Crippen molar-refractivity contribution in [1.29, 1.82) is 15.8 Å². The third-order valence-electron chi connectivity index (χ3n) is 3.16. The van der Waals surface area contributed by atoms with Crippen molar-refractivity contribution in [2.75, 3.05) is 13.1 Å². The zero-order chi connectivity index (χ0) is 14.5. The van der Waals surface area contributed by atoms with Gasteiger partial charge < -0.3 is 9.64 Å². The Hall–Kier alpha value is -2.97. The van der Waals surface area contributed by atoms with Gasteiger partial charge in [0, 0.05) is 6.54 Å². The molecule has 0 aromatic heterocycles. The van der Waals surface area contributed by atoms with Crippen LogP contribution in [0.25, 0.3) is 0 Å². The van der Waals surface area contributed by atoms with Gasteiger partial charge in [0.05, 0.1) is 18.2 Å². The van der Waals surface area contributed by atoms with Gasteiger partial charge in [-0.2, -0.15) is 15.8 Å². The smallest absolute Gasteiger partial charge is 0.219 e. The maximum Gasteiger partial charge on any atom is 0.219 e. The molecule has 98 valence electrons. The lowest BCUT2D eigenvalue weighted by Gasteiger charge is -2.13. The number of hydrogen-bond donors (Lipinski definition) is 0. The average molecular weight is 264 g/mol. The highest BCUT2D eigenvalue weighted by Crippen LogP contribution is 2.32. The lowest BCUT2D eigenvalue weighted by atomic mass is 10.1. The van der Waals surface area contributed by atoms with Crippen LogP contribution >= 0.6 is 0 Å². The number of rotatable bonds is 2. The second-order valence-electron chi connectivity index (χ2n) is 4.28. The fourth-order valence-electron chi connectivity index (χ4n) is 2.09. The average Bonchev–Trinajstić information content (AvgIpc) is 2.93. The predicted molar refractivity (Wildman–Crippen MR) is 70.5 cm³/mol. The Balaban J connectivity index is 2.30. The Kier molecular flexibility index (Phi) is 3.89. The third kappa shape index (κ3) is 2.41. The largest absolute Gasteiger partial charge is 0.468 e. The number of benzene rings is 1. The lowest BCUT2D eigenvalue weighted by Crippen LogP contribution is -2.19. The van der Waals surface area contributed by atoms with Crippen LogP contribution in [0, 0.1) is 34.0 Å². The first kappa shape index (κ1) is 13.5. The summed E-state index contributed by atoms with van der Waals surface area (Å²) in [6.45, 7) is 3.19. The molecule has 20 heavy (non-hydrogen) atoms. The first-order chi connectivity index (χ1) is 9.73. The van der Waals surface area contributed by atoms with Gasteiger partial charge in [0.25, 0.3) is 0 Å². The van der Waals surface area contributed by atoms with Gasteiger partial charge in [-0.25, -0.2) is 0 Å². The standard InChI is InChI=1S/C15H12N4O/c1-2-19-10-14(20-15(19)13(8-17)9-18)12-5-3-11(7-16)4-6-12/h3-6,14H,2,10H2,1H3. The second kappa shape index (κ2) is 5.78. The van der Waals surface area contributed by atoms with Crippen LogP contribution in [0.4, 0.5) is 0 Å². The molecule has 5 nitrogen and oxygen atoms in total. The van der Waals surface area contributed by atoms with E-state index in [-0.39, 0.29) is 11.7 Å². The number of nitrogens with zero attached hydrogens (tertiary/aromatic N) is 4. The Bertz CT molecular complexity index is 639. The van der Waals surface area contributed by atoms with Crippen LogP contribution in [0.2, 0.25) is 0 Å². The fourth-order valence-corrected chi connectivity index (χ4v) is 2.09. The summed E-state index contributed by atoms with van der Waals surface area (Å²) >= 11 is 0. The molecule has 1 fully saturated rings. The minimum absolute atomic E-state index is 0.0111. The summed E-state index contributed by atoms with van der Waals surface area (Å²) in [6, 6.07) is 12.9. The molecule has 1 unspecified atom stereocenters. The van der Waals surface area contributed by atoms with E-state index in [2.05, 4.69) is 6.07 Å². The maximum absolute atomic E-state index is 8.95. The SMILES string of the molecule is CCN1CC(c2ccc(C#N)cc2)OC1=C(C#N)C#N. The van der Waals surface area contributed by atoms with Gasteiger partial charge in [0.2, 0.25) is 5.88 Å². The Morgan fingerprint density at radius 1 is 1.25 bits per heavy atom. The van der Waals surface area contributed by atoms with Crippen LogP contribution in [0.15, 0.2) is 35.7 Å². The van der Waals surface area contributed by atoms with Crippen LogP contribution in [0.1, 0.15) is 24.2 Å². The molecular formula is C15H12N4O. The van der Waals surface area contributed by atoms with Crippen LogP contribution < -0.4 is 0 Å². The van der Waals surface area contributed by atoms with Gasteiger partial charge in [0.1, 0.15) is 18.2 Å². The Morgan fingerprint density at radius 3 is 2.40 bits per heavy atom. The molecule has 2 rings (SSSR count). The molecule has 0 saturated carbocycles. The van der Waals surface area contributed by atoms with E-state index in [9.17, 15) is 0 Å². The number of ether oxygens (including phenoxy) is 1. The van der Waals surface area contributed by atoms with Crippen molar-refractivity contribution in [3.8, 4) is 18.2 Å². The van der Waals surface area contributed by atoms with E-state index in [0.29, 0.717) is 24.5 Å².